The van der Waals surface area contributed by atoms with Crippen LogP contribution in [0.2, 0.25) is 10.0 Å². The molecule has 0 unspecified atom stereocenters. The first kappa shape index (κ1) is 19.6. The highest BCUT2D eigenvalue weighted by atomic mass is 35.5. The van der Waals surface area contributed by atoms with Crippen molar-refractivity contribution in [2.75, 3.05) is 11.9 Å². The van der Waals surface area contributed by atoms with Gasteiger partial charge in [0.05, 0.1) is 16.3 Å². The van der Waals surface area contributed by atoms with Gasteiger partial charge in [0.1, 0.15) is 6.04 Å². The van der Waals surface area contributed by atoms with E-state index in [1.165, 1.54) is 18.2 Å². The smallest absolute Gasteiger partial charge is 0.332 e. The van der Waals surface area contributed by atoms with Gasteiger partial charge in [-0.1, -0.05) is 41.4 Å². The average molecular weight is 392 g/mol. The van der Waals surface area contributed by atoms with Crippen LogP contribution in [-0.2, 0) is 11.0 Å². The van der Waals surface area contributed by atoms with Crippen molar-refractivity contribution in [1.82, 2.24) is 0 Å². The number of anilines is 1. The highest BCUT2D eigenvalue weighted by Crippen LogP contribution is 2.34. The number of rotatable bonds is 5. The standard InChI is InChI=1S/C17H15Cl2F3N2O/c1-10(12-7-6-11(18)8-14(12)19)23-9-16(25)24-15-5-3-2-4-13(15)17(20,21)22/h2-8,10,23H,9H2,1H3,(H,24,25)/p+1/t10-/m0/s1. The van der Waals surface area contributed by atoms with Gasteiger partial charge in [-0.25, -0.2) is 0 Å². The van der Waals surface area contributed by atoms with Gasteiger partial charge >= 0.3 is 6.18 Å². The van der Waals surface area contributed by atoms with E-state index in [4.69, 9.17) is 23.2 Å². The minimum atomic E-state index is -4.53. The first-order valence-electron chi connectivity index (χ1n) is 7.43. The summed E-state index contributed by atoms with van der Waals surface area (Å²) in [6, 6.07) is 9.74. The van der Waals surface area contributed by atoms with E-state index >= 15 is 0 Å². The number of carbonyl (C=O) groups is 1. The Kier molecular flexibility index (Phi) is 6.32. The summed E-state index contributed by atoms with van der Waals surface area (Å²) >= 11 is 12.0. The van der Waals surface area contributed by atoms with Crippen molar-refractivity contribution in [3.63, 3.8) is 0 Å². The molecule has 8 heteroatoms. The Hall–Kier alpha value is -1.76. The van der Waals surface area contributed by atoms with Crippen LogP contribution in [-0.4, -0.2) is 12.5 Å². The number of alkyl halides is 3. The highest BCUT2D eigenvalue weighted by Gasteiger charge is 2.33. The molecule has 0 saturated heterocycles. The van der Waals surface area contributed by atoms with Crippen molar-refractivity contribution < 1.29 is 23.3 Å². The molecule has 0 spiro atoms. The maximum atomic E-state index is 12.9. The predicted octanol–water partition coefficient (Wildman–Crippen LogP) is 4.28. The van der Waals surface area contributed by atoms with Crippen LogP contribution < -0.4 is 10.6 Å². The lowest BCUT2D eigenvalue weighted by molar-refractivity contribution is -0.682. The topological polar surface area (TPSA) is 45.7 Å². The monoisotopic (exact) mass is 391 g/mol. The summed E-state index contributed by atoms with van der Waals surface area (Å²) in [5.41, 5.74) is -0.350. The number of benzene rings is 2. The zero-order valence-electron chi connectivity index (χ0n) is 13.2. The molecule has 0 fully saturated rings. The van der Waals surface area contributed by atoms with E-state index in [9.17, 15) is 18.0 Å². The number of carbonyl (C=O) groups excluding carboxylic acids is 1. The summed E-state index contributed by atoms with van der Waals surface area (Å²) in [4.78, 5) is 12.0. The van der Waals surface area contributed by atoms with Crippen LogP contribution in [0.4, 0.5) is 18.9 Å². The molecule has 2 rings (SSSR count). The Morgan fingerprint density at radius 3 is 2.52 bits per heavy atom. The lowest BCUT2D eigenvalue weighted by Gasteiger charge is -2.15. The van der Waals surface area contributed by atoms with E-state index in [0.29, 0.717) is 10.0 Å². The number of hydrogen-bond donors (Lipinski definition) is 2. The van der Waals surface area contributed by atoms with Gasteiger partial charge in [0.2, 0.25) is 0 Å². The fourth-order valence-corrected chi connectivity index (χ4v) is 2.90. The molecule has 0 saturated carbocycles. The maximum Gasteiger partial charge on any atom is 0.418 e. The first-order chi connectivity index (χ1) is 11.7. The van der Waals surface area contributed by atoms with E-state index in [1.807, 2.05) is 6.92 Å². The summed E-state index contributed by atoms with van der Waals surface area (Å²) in [5.74, 6) is -0.534. The van der Waals surface area contributed by atoms with Crippen molar-refractivity contribution in [2.45, 2.75) is 19.1 Å². The third kappa shape index (κ3) is 5.36. The fourth-order valence-electron chi connectivity index (χ4n) is 2.32. The highest BCUT2D eigenvalue weighted by molar-refractivity contribution is 6.35. The third-order valence-corrected chi connectivity index (χ3v) is 4.18. The second-order valence-electron chi connectivity index (χ2n) is 5.49. The van der Waals surface area contributed by atoms with E-state index < -0.39 is 17.6 Å². The summed E-state index contributed by atoms with van der Waals surface area (Å²) in [6.45, 7) is 1.79. The Morgan fingerprint density at radius 2 is 1.88 bits per heavy atom. The van der Waals surface area contributed by atoms with Crippen LogP contribution in [0.3, 0.4) is 0 Å². The second kappa shape index (κ2) is 8.08. The van der Waals surface area contributed by atoms with Crippen molar-refractivity contribution in [2.24, 2.45) is 0 Å². The number of para-hydroxylation sites is 1. The van der Waals surface area contributed by atoms with Gasteiger partial charge in [-0.3, -0.25) is 4.79 Å². The Morgan fingerprint density at radius 1 is 1.20 bits per heavy atom. The van der Waals surface area contributed by atoms with Crippen LogP contribution in [0.25, 0.3) is 0 Å². The molecule has 1 atom stereocenters. The molecule has 3 nitrogen and oxygen atoms in total. The number of halogens is 5. The largest absolute Gasteiger partial charge is 0.418 e. The predicted molar refractivity (Wildman–Crippen MR) is 91.7 cm³/mol. The van der Waals surface area contributed by atoms with Crippen LogP contribution in [0.1, 0.15) is 24.1 Å². The number of amides is 1. The number of quaternary nitrogens is 1. The zero-order chi connectivity index (χ0) is 18.6. The number of hydrogen-bond acceptors (Lipinski definition) is 1. The summed E-state index contributed by atoms with van der Waals surface area (Å²) in [6.07, 6.45) is -4.53. The molecule has 0 radical (unpaired) electrons. The molecule has 3 N–H and O–H groups in total. The summed E-state index contributed by atoms with van der Waals surface area (Å²) in [7, 11) is 0. The number of nitrogens with two attached hydrogens (primary N) is 1. The summed E-state index contributed by atoms with van der Waals surface area (Å²) < 4.78 is 38.8. The number of nitrogens with one attached hydrogen (secondary N) is 1. The molecule has 2 aromatic rings. The molecular weight excluding hydrogens is 376 g/mol. The molecule has 0 aliphatic heterocycles. The SMILES string of the molecule is C[C@H]([NH2+]CC(=O)Nc1ccccc1C(F)(F)F)c1ccc(Cl)cc1Cl. The molecule has 0 aliphatic carbocycles. The van der Waals surface area contributed by atoms with Crippen LogP contribution in [0.5, 0.6) is 0 Å². The molecule has 0 aliphatic rings. The molecule has 0 heterocycles. The fraction of sp³-hybridized carbons (Fsp3) is 0.235. The molecule has 0 aromatic heterocycles. The third-order valence-electron chi connectivity index (χ3n) is 3.62. The van der Waals surface area contributed by atoms with Gasteiger partial charge in [-0.05, 0) is 31.2 Å². The molecule has 1 amide bonds. The Labute approximate surface area is 153 Å². The van der Waals surface area contributed by atoms with Crippen molar-refractivity contribution in [1.29, 1.82) is 0 Å². The van der Waals surface area contributed by atoms with Crippen LogP contribution in [0, 0.1) is 0 Å². The van der Waals surface area contributed by atoms with E-state index in [2.05, 4.69) is 5.32 Å². The maximum absolute atomic E-state index is 12.9. The summed E-state index contributed by atoms with van der Waals surface area (Å²) in [5, 5.41) is 4.96. The van der Waals surface area contributed by atoms with E-state index in [0.717, 1.165) is 11.6 Å². The lowest BCUT2D eigenvalue weighted by atomic mass is 10.1. The van der Waals surface area contributed by atoms with E-state index in [1.54, 1.807) is 23.5 Å². The first-order valence-corrected chi connectivity index (χ1v) is 8.18. The zero-order valence-corrected chi connectivity index (χ0v) is 14.7. The van der Waals surface area contributed by atoms with Crippen molar-refractivity contribution in [3.8, 4) is 0 Å². The lowest BCUT2D eigenvalue weighted by Crippen LogP contribution is -2.86. The van der Waals surface area contributed by atoms with Gasteiger partial charge in [0.25, 0.3) is 5.91 Å². The second-order valence-corrected chi connectivity index (χ2v) is 6.33. The van der Waals surface area contributed by atoms with Gasteiger partial charge in [-0.2, -0.15) is 13.2 Å². The quantitative estimate of drug-likeness (QED) is 0.784. The van der Waals surface area contributed by atoms with Gasteiger partial charge in [-0.15, -0.1) is 0 Å². The molecule has 2 aromatic carbocycles. The Balaban J connectivity index is 2.00. The molecule has 134 valence electrons. The minimum Gasteiger partial charge on any atom is -0.332 e. The molecule has 25 heavy (non-hydrogen) atoms. The van der Waals surface area contributed by atoms with Gasteiger partial charge in [0.15, 0.2) is 6.54 Å². The van der Waals surface area contributed by atoms with E-state index in [-0.39, 0.29) is 18.3 Å². The minimum absolute atomic E-state index is 0.0493. The van der Waals surface area contributed by atoms with Gasteiger partial charge in [0, 0.05) is 10.6 Å². The van der Waals surface area contributed by atoms with Crippen LogP contribution in [0.15, 0.2) is 42.5 Å². The van der Waals surface area contributed by atoms with Crippen LogP contribution >= 0.6 is 23.2 Å². The molecular formula is C17H16Cl2F3N2O+. The van der Waals surface area contributed by atoms with Crippen molar-refractivity contribution in [3.05, 3.63) is 63.6 Å². The Bertz CT molecular complexity index is 766. The van der Waals surface area contributed by atoms with Gasteiger partial charge < -0.3 is 10.6 Å². The molecule has 0 bridgehead atoms. The van der Waals surface area contributed by atoms with Crippen molar-refractivity contribution >= 4 is 34.8 Å². The normalized spacial score (nSPS) is 12.7. The average Bonchev–Trinajstić information content (AvgIpc) is 2.52.